The highest BCUT2D eigenvalue weighted by atomic mass is 35.5. The van der Waals surface area contributed by atoms with E-state index in [1.807, 2.05) is 7.05 Å². The number of thiophene rings is 1. The maximum atomic E-state index is 6.03. The van der Waals surface area contributed by atoms with Crippen molar-refractivity contribution < 1.29 is 0 Å². The molecule has 1 aromatic rings. The minimum absolute atomic E-state index is 0.427. The Labute approximate surface area is 89.1 Å². The Balaban J connectivity index is 2.92. The van der Waals surface area contributed by atoms with E-state index in [-0.39, 0.29) is 0 Å². The monoisotopic (exact) mass is 217 g/mol. The van der Waals surface area contributed by atoms with Gasteiger partial charge in [-0.1, -0.05) is 25.4 Å². The van der Waals surface area contributed by atoms with E-state index < -0.39 is 0 Å². The van der Waals surface area contributed by atoms with Crippen molar-refractivity contribution >= 4 is 22.9 Å². The van der Waals surface area contributed by atoms with E-state index in [9.17, 15) is 0 Å². The van der Waals surface area contributed by atoms with Gasteiger partial charge >= 0.3 is 0 Å². The standard InChI is InChI=1S/C10H16ClNS/c1-6(2)9(12-4)8-5-7(3)10(11)13-8/h5-6,9,12H,1-4H3. The lowest BCUT2D eigenvalue weighted by Gasteiger charge is -2.18. The molecule has 1 N–H and O–H groups in total. The second-order valence-corrected chi connectivity index (χ2v) is 5.30. The summed E-state index contributed by atoms with van der Waals surface area (Å²) < 4.78 is 0.913. The Morgan fingerprint density at radius 1 is 1.46 bits per heavy atom. The minimum Gasteiger partial charge on any atom is -0.312 e. The number of hydrogen-bond acceptors (Lipinski definition) is 2. The minimum atomic E-state index is 0.427. The van der Waals surface area contributed by atoms with Crippen LogP contribution in [0.25, 0.3) is 0 Å². The third kappa shape index (κ3) is 2.46. The van der Waals surface area contributed by atoms with Crippen molar-refractivity contribution in [1.82, 2.24) is 5.32 Å². The van der Waals surface area contributed by atoms with E-state index in [1.165, 1.54) is 10.4 Å². The molecule has 0 aromatic carbocycles. The van der Waals surface area contributed by atoms with Crippen molar-refractivity contribution in [2.24, 2.45) is 5.92 Å². The molecule has 0 saturated carbocycles. The molecule has 74 valence electrons. The molecule has 1 nitrogen and oxygen atoms in total. The molecule has 13 heavy (non-hydrogen) atoms. The van der Waals surface area contributed by atoms with Crippen molar-refractivity contribution in [3.63, 3.8) is 0 Å². The van der Waals surface area contributed by atoms with Crippen LogP contribution in [-0.4, -0.2) is 7.05 Å². The molecule has 0 amide bonds. The SMILES string of the molecule is CNC(c1cc(C)c(Cl)s1)C(C)C. The molecule has 0 aliphatic carbocycles. The van der Waals surface area contributed by atoms with Crippen molar-refractivity contribution in [3.05, 3.63) is 20.8 Å². The molecule has 0 aliphatic rings. The van der Waals surface area contributed by atoms with Gasteiger partial charge in [0.1, 0.15) is 0 Å². The van der Waals surface area contributed by atoms with E-state index in [2.05, 4.69) is 32.2 Å². The van der Waals surface area contributed by atoms with Crippen LogP contribution in [0.2, 0.25) is 4.34 Å². The Morgan fingerprint density at radius 3 is 2.38 bits per heavy atom. The van der Waals surface area contributed by atoms with Gasteiger partial charge in [0, 0.05) is 10.9 Å². The first-order valence-electron chi connectivity index (χ1n) is 4.49. The van der Waals surface area contributed by atoms with E-state index in [0.29, 0.717) is 12.0 Å². The van der Waals surface area contributed by atoms with Crippen LogP contribution in [0.5, 0.6) is 0 Å². The van der Waals surface area contributed by atoms with Gasteiger partial charge in [0.2, 0.25) is 0 Å². The van der Waals surface area contributed by atoms with Crippen molar-refractivity contribution in [2.75, 3.05) is 7.05 Å². The zero-order valence-electron chi connectivity index (χ0n) is 8.52. The molecule has 0 aliphatic heterocycles. The second-order valence-electron chi connectivity index (χ2n) is 3.62. The molecule has 0 spiro atoms. The largest absolute Gasteiger partial charge is 0.312 e. The van der Waals surface area contributed by atoms with Crippen LogP contribution >= 0.6 is 22.9 Å². The summed E-state index contributed by atoms with van der Waals surface area (Å²) in [6.45, 7) is 6.48. The molecule has 1 rings (SSSR count). The number of halogens is 1. The predicted octanol–water partition coefficient (Wildman–Crippen LogP) is 3.63. The summed E-state index contributed by atoms with van der Waals surface area (Å²) in [6.07, 6.45) is 0. The van der Waals surface area contributed by atoms with Crippen LogP contribution in [0, 0.1) is 12.8 Å². The molecule has 0 saturated heterocycles. The summed E-state index contributed by atoms with van der Waals surface area (Å²) in [5.41, 5.74) is 1.18. The molecular formula is C10H16ClNS. The summed E-state index contributed by atoms with van der Waals surface area (Å²) in [5.74, 6) is 0.596. The van der Waals surface area contributed by atoms with Gasteiger partial charge in [-0.25, -0.2) is 0 Å². The normalized spacial score (nSPS) is 13.7. The molecular weight excluding hydrogens is 202 g/mol. The molecule has 0 fully saturated rings. The maximum Gasteiger partial charge on any atom is 0.0960 e. The molecule has 1 heterocycles. The third-order valence-corrected chi connectivity index (χ3v) is 3.80. The smallest absolute Gasteiger partial charge is 0.0960 e. The van der Waals surface area contributed by atoms with Crippen LogP contribution < -0.4 is 5.32 Å². The molecule has 1 unspecified atom stereocenters. The number of hydrogen-bond donors (Lipinski definition) is 1. The molecule has 0 radical (unpaired) electrons. The molecule has 3 heteroatoms. The average molecular weight is 218 g/mol. The van der Waals surface area contributed by atoms with E-state index in [0.717, 1.165) is 4.34 Å². The Bertz CT molecular complexity index is 261. The highest BCUT2D eigenvalue weighted by Crippen LogP contribution is 2.33. The topological polar surface area (TPSA) is 12.0 Å². The van der Waals surface area contributed by atoms with E-state index in [1.54, 1.807) is 11.3 Å². The van der Waals surface area contributed by atoms with Gasteiger partial charge in [-0.15, -0.1) is 11.3 Å². The van der Waals surface area contributed by atoms with Gasteiger partial charge in [-0.05, 0) is 31.5 Å². The predicted molar refractivity (Wildman–Crippen MR) is 60.7 cm³/mol. The summed E-state index contributed by atoms with van der Waals surface area (Å²) in [6, 6.07) is 2.60. The number of nitrogens with one attached hydrogen (secondary N) is 1. The lowest BCUT2D eigenvalue weighted by atomic mass is 10.0. The van der Waals surface area contributed by atoms with Gasteiger partial charge in [-0.3, -0.25) is 0 Å². The highest BCUT2D eigenvalue weighted by molar-refractivity contribution is 7.16. The van der Waals surface area contributed by atoms with Gasteiger partial charge in [-0.2, -0.15) is 0 Å². The lowest BCUT2D eigenvalue weighted by Crippen LogP contribution is -2.20. The van der Waals surface area contributed by atoms with Crippen LogP contribution in [0.15, 0.2) is 6.07 Å². The first-order valence-corrected chi connectivity index (χ1v) is 5.68. The van der Waals surface area contributed by atoms with Crippen LogP contribution in [0.4, 0.5) is 0 Å². The quantitative estimate of drug-likeness (QED) is 0.816. The Morgan fingerprint density at radius 2 is 2.08 bits per heavy atom. The second kappa shape index (κ2) is 4.45. The molecule has 0 bridgehead atoms. The lowest BCUT2D eigenvalue weighted by molar-refractivity contribution is 0.449. The average Bonchev–Trinajstić information content (AvgIpc) is 2.32. The Kier molecular flexibility index (Phi) is 3.77. The van der Waals surface area contributed by atoms with Crippen molar-refractivity contribution in [2.45, 2.75) is 26.8 Å². The first-order chi connectivity index (χ1) is 6.06. The van der Waals surface area contributed by atoms with Crippen LogP contribution in [0.1, 0.15) is 30.3 Å². The van der Waals surface area contributed by atoms with Gasteiger partial charge in [0.25, 0.3) is 0 Å². The molecule has 1 atom stereocenters. The fourth-order valence-electron chi connectivity index (χ4n) is 1.44. The van der Waals surface area contributed by atoms with Gasteiger partial charge < -0.3 is 5.32 Å². The van der Waals surface area contributed by atoms with Crippen LogP contribution in [-0.2, 0) is 0 Å². The summed E-state index contributed by atoms with van der Waals surface area (Å²) in [5, 5.41) is 3.31. The summed E-state index contributed by atoms with van der Waals surface area (Å²) in [7, 11) is 1.99. The fraction of sp³-hybridized carbons (Fsp3) is 0.600. The highest BCUT2D eigenvalue weighted by Gasteiger charge is 2.16. The summed E-state index contributed by atoms with van der Waals surface area (Å²) in [4.78, 5) is 1.33. The first kappa shape index (κ1) is 11.0. The van der Waals surface area contributed by atoms with Crippen LogP contribution in [0.3, 0.4) is 0 Å². The van der Waals surface area contributed by atoms with Crippen molar-refractivity contribution in [1.29, 1.82) is 0 Å². The number of rotatable bonds is 3. The zero-order chi connectivity index (χ0) is 10.0. The number of aryl methyl sites for hydroxylation is 1. The van der Waals surface area contributed by atoms with Crippen molar-refractivity contribution in [3.8, 4) is 0 Å². The Hall–Kier alpha value is -0.0500. The maximum absolute atomic E-state index is 6.03. The third-order valence-electron chi connectivity index (χ3n) is 2.16. The molecule has 1 aromatic heterocycles. The van der Waals surface area contributed by atoms with Gasteiger partial charge in [0.15, 0.2) is 0 Å². The van der Waals surface area contributed by atoms with Gasteiger partial charge in [0.05, 0.1) is 4.34 Å². The fourth-order valence-corrected chi connectivity index (χ4v) is 2.94. The van der Waals surface area contributed by atoms with E-state index >= 15 is 0 Å². The zero-order valence-corrected chi connectivity index (χ0v) is 10.1. The summed E-state index contributed by atoms with van der Waals surface area (Å²) >= 11 is 7.70. The van der Waals surface area contributed by atoms with E-state index in [4.69, 9.17) is 11.6 Å².